The Kier molecular flexibility index (Phi) is 6.42. The third kappa shape index (κ3) is 3.77. The van der Waals surface area contributed by atoms with Crippen molar-refractivity contribution < 1.29 is 29.7 Å². The molecule has 0 saturated heterocycles. The minimum atomic E-state index is -1.59. The average Bonchev–Trinajstić information content (AvgIpc) is 3.10. The van der Waals surface area contributed by atoms with E-state index in [0.717, 1.165) is 0 Å². The zero-order valence-electron chi connectivity index (χ0n) is 12.4. The Hall–Kier alpha value is -1.78. The first kappa shape index (κ1) is 19.3. The number of ketones is 1. The maximum atomic E-state index is 11.6. The van der Waals surface area contributed by atoms with Crippen LogP contribution in [0.4, 0.5) is 0 Å². The van der Waals surface area contributed by atoms with Gasteiger partial charge in [0.2, 0.25) is 0 Å². The summed E-state index contributed by atoms with van der Waals surface area (Å²) in [7, 11) is 0. The monoisotopic (exact) mass is 347 g/mol. The Balaban J connectivity index is 0.00000264. The third-order valence-corrected chi connectivity index (χ3v) is 3.26. The standard InChI is InChI=1S/C13H17N3O6.ClH/c1-5(18)9-6(2)22-16-10(9)13-14-3-7(15-13)11(20)12(21)8(19)4-17;/h3,8,11-12,17,19-21H,4H2,1-2H3,(H,14,15);1H/t8-,11-,12-;/m1./s1. The lowest BCUT2D eigenvalue weighted by atomic mass is 10.1. The van der Waals surface area contributed by atoms with Crippen molar-refractivity contribution in [3.05, 3.63) is 23.2 Å². The molecule has 128 valence electrons. The highest BCUT2D eigenvalue weighted by atomic mass is 35.5. The molecule has 0 saturated carbocycles. The first-order chi connectivity index (χ1) is 10.4. The van der Waals surface area contributed by atoms with Crippen molar-refractivity contribution in [2.45, 2.75) is 32.2 Å². The van der Waals surface area contributed by atoms with Crippen molar-refractivity contribution in [3.8, 4) is 11.5 Å². The first-order valence-electron chi connectivity index (χ1n) is 6.54. The second-order valence-corrected chi connectivity index (χ2v) is 4.89. The second-order valence-electron chi connectivity index (χ2n) is 4.89. The highest BCUT2D eigenvalue weighted by molar-refractivity contribution is 6.00. The molecule has 0 bridgehead atoms. The molecule has 5 N–H and O–H groups in total. The average molecular weight is 348 g/mol. The van der Waals surface area contributed by atoms with Crippen LogP contribution < -0.4 is 0 Å². The summed E-state index contributed by atoms with van der Waals surface area (Å²) >= 11 is 0. The molecule has 0 fully saturated rings. The van der Waals surface area contributed by atoms with Crippen LogP contribution in [0, 0.1) is 6.92 Å². The summed E-state index contributed by atoms with van der Waals surface area (Å²) in [4.78, 5) is 18.3. The van der Waals surface area contributed by atoms with Gasteiger partial charge in [-0.2, -0.15) is 0 Å². The highest BCUT2D eigenvalue weighted by Gasteiger charge is 2.28. The van der Waals surface area contributed by atoms with Gasteiger partial charge in [0.05, 0.1) is 24.1 Å². The molecule has 0 aromatic carbocycles. The van der Waals surface area contributed by atoms with Crippen LogP contribution in [0.2, 0.25) is 0 Å². The van der Waals surface area contributed by atoms with E-state index in [1.807, 2.05) is 0 Å². The number of nitrogens with one attached hydrogen (secondary N) is 1. The van der Waals surface area contributed by atoms with E-state index in [4.69, 9.17) is 9.63 Å². The van der Waals surface area contributed by atoms with E-state index in [0.29, 0.717) is 5.76 Å². The molecule has 2 heterocycles. The number of nitrogens with zero attached hydrogens (tertiary/aromatic N) is 2. The maximum absolute atomic E-state index is 11.6. The fourth-order valence-electron chi connectivity index (χ4n) is 2.06. The van der Waals surface area contributed by atoms with Gasteiger partial charge in [-0.3, -0.25) is 4.79 Å². The first-order valence-corrected chi connectivity index (χ1v) is 6.54. The van der Waals surface area contributed by atoms with Crippen LogP contribution in [0.15, 0.2) is 10.7 Å². The predicted octanol–water partition coefficient (Wildman–Crippen LogP) is -0.255. The van der Waals surface area contributed by atoms with Gasteiger partial charge in [-0.15, -0.1) is 12.4 Å². The molecule has 23 heavy (non-hydrogen) atoms. The highest BCUT2D eigenvalue weighted by Crippen LogP contribution is 2.25. The van der Waals surface area contributed by atoms with E-state index in [1.165, 1.54) is 13.1 Å². The van der Waals surface area contributed by atoms with Crippen LogP contribution >= 0.6 is 12.4 Å². The number of aliphatic hydroxyl groups is 4. The summed E-state index contributed by atoms with van der Waals surface area (Å²) in [6, 6.07) is 0. The number of imidazole rings is 1. The minimum Gasteiger partial charge on any atom is -0.394 e. The molecule has 2 aromatic rings. The molecule has 2 aromatic heterocycles. The van der Waals surface area contributed by atoms with E-state index in [2.05, 4.69) is 15.1 Å². The molecule has 0 aliphatic rings. The molecular weight excluding hydrogens is 330 g/mol. The summed E-state index contributed by atoms with van der Waals surface area (Å²) in [5.41, 5.74) is 0.567. The van der Waals surface area contributed by atoms with Crippen molar-refractivity contribution in [1.29, 1.82) is 0 Å². The molecule has 0 unspecified atom stereocenters. The minimum absolute atomic E-state index is 0. The Morgan fingerprint density at radius 2 is 2.04 bits per heavy atom. The van der Waals surface area contributed by atoms with E-state index < -0.39 is 24.9 Å². The topological polar surface area (TPSA) is 153 Å². The number of aliphatic hydroxyl groups excluding tert-OH is 4. The Morgan fingerprint density at radius 1 is 1.39 bits per heavy atom. The Morgan fingerprint density at radius 3 is 2.61 bits per heavy atom. The number of aromatic amines is 1. The van der Waals surface area contributed by atoms with Crippen LogP contribution in [0.5, 0.6) is 0 Å². The molecule has 10 heteroatoms. The molecular formula is C13H18ClN3O6. The van der Waals surface area contributed by atoms with Gasteiger partial charge in [0.25, 0.3) is 0 Å². The summed E-state index contributed by atoms with van der Waals surface area (Å²) in [5, 5.41) is 41.5. The van der Waals surface area contributed by atoms with Gasteiger partial charge in [0.1, 0.15) is 24.1 Å². The van der Waals surface area contributed by atoms with Gasteiger partial charge >= 0.3 is 0 Å². The van der Waals surface area contributed by atoms with Gasteiger partial charge in [-0.25, -0.2) is 4.98 Å². The molecule has 0 amide bonds. The fraction of sp³-hybridized carbons (Fsp3) is 0.462. The van der Waals surface area contributed by atoms with Crippen LogP contribution in [0.3, 0.4) is 0 Å². The largest absolute Gasteiger partial charge is 0.394 e. The number of halogens is 1. The summed E-state index contributed by atoms with van der Waals surface area (Å²) in [6.07, 6.45) is -3.34. The zero-order chi connectivity index (χ0) is 16.4. The number of aromatic nitrogens is 3. The lowest BCUT2D eigenvalue weighted by molar-refractivity contribution is -0.0788. The van der Waals surface area contributed by atoms with Crippen LogP contribution in [0.1, 0.15) is 34.8 Å². The Labute approximate surface area is 137 Å². The SMILES string of the molecule is CC(=O)c1c(-c2ncc([C@@H](O)[C@H](O)[C@H](O)CO)[nH]2)noc1C.Cl. The van der Waals surface area contributed by atoms with Crippen LogP contribution in [-0.2, 0) is 0 Å². The molecule has 3 atom stereocenters. The van der Waals surface area contributed by atoms with Crippen LogP contribution in [0.25, 0.3) is 11.5 Å². The van der Waals surface area contributed by atoms with Crippen molar-refractivity contribution in [2.24, 2.45) is 0 Å². The molecule has 9 nitrogen and oxygen atoms in total. The van der Waals surface area contributed by atoms with Crippen molar-refractivity contribution in [3.63, 3.8) is 0 Å². The third-order valence-electron chi connectivity index (χ3n) is 3.26. The number of hydrogen-bond donors (Lipinski definition) is 5. The molecule has 0 aliphatic carbocycles. The van der Waals surface area contributed by atoms with E-state index in [-0.39, 0.29) is 41.0 Å². The van der Waals surface area contributed by atoms with Crippen LogP contribution in [-0.4, -0.2) is 60.1 Å². The number of hydrogen-bond acceptors (Lipinski definition) is 8. The smallest absolute Gasteiger partial charge is 0.165 e. The quantitative estimate of drug-likeness (QED) is 0.448. The molecule has 2 rings (SSSR count). The van der Waals surface area contributed by atoms with Gasteiger partial charge in [0, 0.05) is 0 Å². The summed E-state index contributed by atoms with van der Waals surface area (Å²) in [5.74, 6) is 0.279. The number of carbonyl (C=O) groups excluding carboxylic acids is 1. The lowest BCUT2D eigenvalue weighted by Crippen LogP contribution is -2.34. The van der Waals surface area contributed by atoms with Gasteiger partial charge in [0.15, 0.2) is 17.3 Å². The number of H-pyrrole nitrogens is 1. The summed E-state index contributed by atoms with van der Waals surface area (Å²) < 4.78 is 4.97. The summed E-state index contributed by atoms with van der Waals surface area (Å²) in [6.45, 7) is 2.26. The van der Waals surface area contributed by atoms with Crippen molar-refractivity contribution in [2.75, 3.05) is 6.61 Å². The molecule has 0 spiro atoms. The fourth-order valence-corrected chi connectivity index (χ4v) is 2.06. The van der Waals surface area contributed by atoms with E-state index in [1.54, 1.807) is 6.92 Å². The van der Waals surface area contributed by atoms with E-state index in [9.17, 15) is 20.1 Å². The second kappa shape index (κ2) is 7.66. The predicted molar refractivity (Wildman–Crippen MR) is 80.1 cm³/mol. The van der Waals surface area contributed by atoms with Gasteiger partial charge in [-0.05, 0) is 13.8 Å². The number of aryl methyl sites for hydroxylation is 1. The molecule has 0 aliphatic heterocycles. The zero-order valence-corrected chi connectivity index (χ0v) is 13.2. The number of carbonyl (C=O) groups is 1. The van der Waals surface area contributed by atoms with Gasteiger partial charge < -0.3 is 29.9 Å². The van der Waals surface area contributed by atoms with E-state index >= 15 is 0 Å². The Bertz CT molecular complexity index is 670. The van der Waals surface area contributed by atoms with Gasteiger partial charge in [-0.1, -0.05) is 5.16 Å². The number of rotatable bonds is 6. The van der Waals surface area contributed by atoms with Crippen molar-refractivity contribution in [1.82, 2.24) is 15.1 Å². The number of Topliss-reactive ketones (excluding diaryl/α,β-unsaturated/α-hetero) is 1. The normalized spacial score (nSPS) is 14.9. The lowest BCUT2D eigenvalue weighted by Gasteiger charge is -2.20. The maximum Gasteiger partial charge on any atom is 0.165 e. The van der Waals surface area contributed by atoms with Crippen molar-refractivity contribution >= 4 is 18.2 Å². The molecule has 0 radical (unpaired) electrons.